The second-order valence-electron chi connectivity index (χ2n) is 7.71. The summed E-state index contributed by atoms with van der Waals surface area (Å²) in [6.07, 6.45) is 1.68. The van der Waals surface area contributed by atoms with Gasteiger partial charge in [-0.1, -0.05) is 24.3 Å². The maximum absolute atomic E-state index is 13.3. The molecule has 148 valence electrons. The van der Waals surface area contributed by atoms with E-state index >= 15 is 0 Å². The van der Waals surface area contributed by atoms with Crippen LogP contribution in [-0.4, -0.2) is 49.5 Å². The maximum Gasteiger partial charge on any atom is 0.268 e. The van der Waals surface area contributed by atoms with Gasteiger partial charge in [0.2, 0.25) is 0 Å². The van der Waals surface area contributed by atoms with E-state index in [4.69, 9.17) is 0 Å². The number of rotatable bonds is 4. The first-order valence-corrected chi connectivity index (χ1v) is 11.2. The number of nitrogens with zero attached hydrogens (tertiary/aromatic N) is 3. The van der Waals surface area contributed by atoms with Crippen molar-refractivity contribution in [3.8, 4) is 0 Å². The Labute approximate surface area is 167 Å². The summed E-state index contributed by atoms with van der Waals surface area (Å²) in [6, 6.07) is 15.5. The topological polar surface area (TPSA) is 45.6 Å². The van der Waals surface area contributed by atoms with Gasteiger partial charge in [0.05, 0.1) is 10.4 Å². The predicted octanol–water partition coefficient (Wildman–Crippen LogP) is 3.72. The van der Waals surface area contributed by atoms with E-state index in [0.717, 1.165) is 48.3 Å². The molecule has 1 aromatic heterocycles. The lowest BCUT2D eigenvalue weighted by molar-refractivity contribution is 0.209. The molecular formula is C22H27N3O2S. The van der Waals surface area contributed by atoms with Gasteiger partial charge in [0.1, 0.15) is 0 Å². The van der Waals surface area contributed by atoms with Gasteiger partial charge in [-0.15, -0.1) is 0 Å². The molecular weight excluding hydrogens is 370 g/mol. The normalized spacial score (nSPS) is 16.2. The van der Waals surface area contributed by atoms with Gasteiger partial charge in [0.15, 0.2) is 0 Å². The zero-order valence-electron chi connectivity index (χ0n) is 16.7. The van der Waals surface area contributed by atoms with E-state index in [0.29, 0.717) is 10.9 Å². The van der Waals surface area contributed by atoms with Crippen LogP contribution in [0.2, 0.25) is 0 Å². The van der Waals surface area contributed by atoms with Gasteiger partial charge in [0.25, 0.3) is 10.0 Å². The summed E-state index contributed by atoms with van der Waals surface area (Å²) in [5, 5.41) is 0.984. The first-order chi connectivity index (χ1) is 13.4. The number of hydrogen-bond donors (Lipinski definition) is 0. The third kappa shape index (κ3) is 3.20. The van der Waals surface area contributed by atoms with Crippen molar-refractivity contribution in [1.82, 2.24) is 8.87 Å². The van der Waals surface area contributed by atoms with Gasteiger partial charge >= 0.3 is 0 Å². The Morgan fingerprint density at radius 1 is 0.893 bits per heavy atom. The van der Waals surface area contributed by atoms with Crippen LogP contribution >= 0.6 is 0 Å². The maximum atomic E-state index is 13.3. The van der Waals surface area contributed by atoms with Gasteiger partial charge < -0.3 is 4.90 Å². The number of hydrogen-bond acceptors (Lipinski definition) is 4. The number of benzene rings is 2. The van der Waals surface area contributed by atoms with E-state index in [2.05, 4.69) is 29.7 Å². The standard InChI is InChI=1S/C22H27N3O2S/c1-17(2)23-13-15-24(16-14-23)20-8-6-9-21-19(20)11-12-25(21)28(26,27)22-10-5-4-7-18(22)3/h4-12,17H,13-16H2,1-3H3. The SMILES string of the molecule is Cc1ccccc1S(=O)(=O)n1ccc2c(N3CCN(C(C)C)CC3)cccc21. The van der Waals surface area contributed by atoms with E-state index in [1.807, 2.05) is 37.3 Å². The minimum Gasteiger partial charge on any atom is -0.368 e. The number of piperazine rings is 1. The average Bonchev–Trinajstić information content (AvgIpc) is 3.13. The minimum atomic E-state index is -3.63. The highest BCUT2D eigenvalue weighted by Gasteiger charge is 2.24. The van der Waals surface area contributed by atoms with Crippen LogP contribution in [0.5, 0.6) is 0 Å². The molecule has 2 heterocycles. The van der Waals surface area contributed by atoms with Crippen molar-refractivity contribution >= 4 is 26.6 Å². The van der Waals surface area contributed by atoms with Crippen LogP contribution in [0.1, 0.15) is 19.4 Å². The molecule has 0 amide bonds. The van der Waals surface area contributed by atoms with Crippen LogP contribution in [0.15, 0.2) is 59.6 Å². The summed E-state index contributed by atoms with van der Waals surface area (Å²) in [6.45, 7) is 10.2. The fourth-order valence-electron chi connectivity index (χ4n) is 4.04. The van der Waals surface area contributed by atoms with Crippen LogP contribution in [0.4, 0.5) is 5.69 Å². The van der Waals surface area contributed by atoms with Gasteiger partial charge in [0, 0.05) is 49.5 Å². The molecule has 1 aliphatic rings. The fraction of sp³-hybridized carbons (Fsp3) is 0.364. The molecule has 0 N–H and O–H groups in total. The van der Waals surface area contributed by atoms with Crippen molar-refractivity contribution in [2.45, 2.75) is 31.7 Å². The van der Waals surface area contributed by atoms with Crippen molar-refractivity contribution in [1.29, 1.82) is 0 Å². The van der Waals surface area contributed by atoms with Crippen LogP contribution in [-0.2, 0) is 10.0 Å². The highest BCUT2D eigenvalue weighted by Crippen LogP contribution is 2.31. The van der Waals surface area contributed by atoms with E-state index in [1.165, 1.54) is 3.97 Å². The third-order valence-electron chi connectivity index (χ3n) is 5.69. The van der Waals surface area contributed by atoms with E-state index in [-0.39, 0.29) is 0 Å². The van der Waals surface area contributed by atoms with E-state index in [1.54, 1.807) is 18.3 Å². The van der Waals surface area contributed by atoms with E-state index in [9.17, 15) is 8.42 Å². The molecule has 4 rings (SSSR count). The average molecular weight is 398 g/mol. The Balaban J connectivity index is 1.73. The van der Waals surface area contributed by atoms with Crippen molar-refractivity contribution in [3.63, 3.8) is 0 Å². The number of aromatic nitrogens is 1. The Hall–Kier alpha value is -2.31. The fourth-order valence-corrected chi connectivity index (χ4v) is 5.62. The minimum absolute atomic E-state index is 0.350. The quantitative estimate of drug-likeness (QED) is 0.673. The van der Waals surface area contributed by atoms with E-state index < -0.39 is 10.0 Å². The summed E-state index contributed by atoms with van der Waals surface area (Å²) in [5.41, 5.74) is 2.59. The highest BCUT2D eigenvalue weighted by molar-refractivity contribution is 7.90. The van der Waals surface area contributed by atoms with Crippen molar-refractivity contribution < 1.29 is 8.42 Å². The summed E-state index contributed by atoms with van der Waals surface area (Å²) in [4.78, 5) is 5.19. The largest absolute Gasteiger partial charge is 0.368 e. The number of aryl methyl sites for hydroxylation is 1. The summed E-state index contributed by atoms with van der Waals surface area (Å²) >= 11 is 0. The molecule has 2 aromatic carbocycles. The Kier molecular flexibility index (Phi) is 4.93. The molecule has 3 aromatic rings. The smallest absolute Gasteiger partial charge is 0.268 e. The molecule has 5 nitrogen and oxygen atoms in total. The van der Waals surface area contributed by atoms with Crippen LogP contribution < -0.4 is 4.90 Å². The van der Waals surface area contributed by atoms with Crippen LogP contribution in [0.25, 0.3) is 10.9 Å². The molecule has 0 atom stereocenters. The molecule has 0 saturated carbocycles. The molecule has 0 aliphatic carbocycles. The zero-order chi connectivity index (χ0) is 19.9. The zero-order valence-corrected chi connectivity index (χ0v) is 17.5. The van der Waals surface area contributed by atoms with Gasteiger partial charge in [-0.3, -0.25) is 4.90 Å². The number of anilines is 1. The monoisotopic (exact) mass is 397 g/mol. The summed E-state index contributed by atoms with van der Waals surface area (Å²) < 4.78 is 28.0. The lowest BCUT2D eigenvalue weighted by Gasteiger charge is -2.38. The highest BCUT2D eigenvalue weighted by atomic mass is 32.2. The summed E-state index contributed by atoms with van der Waals surface area (Å²) in [7, 11) is -3.63. The first-order valence-electron chi connectivity index (χ1n) is 9.80. The Bertz CT molecular complexity index is 1090. The molecule has 1 saturated heterocycles. The molecule has 0 unspecified atom stereocenters. The lowest BCUT2D eigenvalue weighted by atomic mass is 10.1. The molecule has 0 radical (unpaired) electrons. The molecule has 0 spiro atoms. The van der Waals surface area contributed by atoms with Crippen molar-refractivity contribution in [3.05, 3.63) is 60.3 Å². The Morgan fingerprint density at radius 2 is 1.61 bits per heavy atom. The molecule has 1 fully saturated rings. The molecule has 0 bridgehead atoms. The molecule has 28 heavy (non-hydrogen) atoms. The second kappa shape index (κ2) is 7.26. The lowest BCUT2D eigenvalue weighted by Crippen LogP contribution is -2.48. The van der Waals surface area contributed by atoms with Gasteiger partial charge in [-0.2, -0.15) is 0 Å². The van der Waals surface area contributed by atoms with Crippen molar-refractivity contribution in [2.24, 2.45) is 0 Å². The van der Waals surface area contributed by atoms with Crippen molar-refractivity contribution in [2.75, 3.05) is 31.1 Å². The Morgan fingerprint density at radius 3 is 2.29 bits per heavy atom. The second-order valence-corrected chi connectivity index (χ2v) is 9.49. The summed E-state index contributed by atoms with van der Waals surface area (Å²) in [5.74, 6) is 0. The van der Waals surface area contributed by atoms with Gasteiger partial charge in [-0.25, -0.2) is 12.4 Å². The van der Waals surface area contributed by atoms with Gasteiger partial charge in [-0.05, 0) is 50.6 Å². The van der Waals surface area contributed by atoms with Crippen LogP contribution in [0.3, 0.4) is 0 Å². The first kappa shape index (κ1) is 19.0. The molecule has 1 aliphatic heterocycles. The third-order valence-corrected chi connectivity index (χ3v) is 7.54. The number of fused-ring (bicyclic) bond motifs is 1. The predicted molar refractivity (Wildman–Crippen MR) is 115 cm³/mol. The van der Waals surface area contributed by atoms with Crippen LogP contribution in [0, 0.1) is 6.92 Å². The molecule has 6 heteroatoms.